The van der Waals surface area contributed by atoms with Gasteiger partial charge < -0.3 is 10.5 Å². The van der Waals surface area contributed by atoms with Crippen LogP contribution in [0, 0.1) is 0 Å². The summed E-state index contributed by atoms with van der Waals surface area (Å²) < 4.78 is 5.00. The maximum absolute atomic E-state index is 10.4. The van der Waals surface area contributed by atoms with Gasteiger partial charge >= 0.3 is 0 Å². The zero-order valence-corrected chi connectivity index (χ0v) is 11.5. The third-order valence-corrected chi connectivity index (χ3v) is 3.27. The van der Waals surface area contributed by atoms with E-state index in [-0.39, 0.29) is 6.10 Å². The van der Waals surface area contributed by atoms with Gasteiger partial charge in [-0.2, -0.15) is 5.10 Å². The Balaban J connectivity index is 2.09. The predicted octanol–water partition coefficient (Wildman–Crippen LogP) is 2.03. The first kappa shape index (κ1) is 14.3. The average Bonchev–Trinajstić information content (AvgIpc) is 2.95. The van der Waals surface area contributed by atoms with E-state index in [1.54, 1.807) is 0 Å². The molecule has 5 nitrogen and oxygen atoms in total. The predicted molar refractivity (Wildman–Crippen MR) is 76.8 cm³/mol. The fourth-order valence-corrected chi connectivity index (χ4v) is 2.04. The lowest BCUT2D eigenvalue weighted by Crippen LogP contribution is -2.14. The van der Waals surface area contributed by atoms with Crippen molar-refractivity contribution in [2.24, 2.45) is 5.73 Å². The highest BCUT2D eigenvalue weighted by Gasteiger charge is 2.11. The minimum Gasteiger partial charge on any atom is -0.464 e. The molecule has 2 aromatic rings. The zero-order chi connectivity index (χ0) is 14.4. The number of nitrogens with two attached hydrogens (primary N) is 1. The molecular formula is C15H19N3O2. The topological polar surface area (TPSA) is 81.0 Å². The minimum atomic E-state index is -0.111. The number of nitrogens with one attached hydrogen (secondary N) is 1. The third kappa shape index (κ3) is 3.45. The van der Waals surface area contributed by atoms with Crippen LogP contribution in [-0.2, 0) is 22.5 Å². The van der Waals surface area contributed by atoms with Crippen molar-refractivity contribution in [1.29, 1.82) is 0 Å². The Labute approximate surface area is 118 Å². The summed E-state index contributed by atoms with van der Waals surface area (Å²) in [5, 5.41) is 7.27. The van der Waals surface area contributed by atoms with E-state index in [1.165, 1.54) is 0 Å². The molecule has 1 aromatic heterocycles. The van der Waals surface area contributed by atoms with Crippen LogP contribution in [0.15, 0.2) is 30.3 Å². The van der Waals surface area contributed by atoms with Crippen LogP contribution in [0.5, 0.6) is 0 Å². The second-order valence-electron chi connectivity index (χ2n) is 4.65. The molecule has 2 rings (SSSR count). The van der Waals surface area contributed by atoms with E-state index in [2.05, 4.69) is 10.2 Å². The van der Waals surface area contributed by atoms with Gasteiger partial charge in [0.25, 0.3) is 6.47 Å². The molecule has 0 aliphatic rings. The molecule has 5 heteroatoms. The van der Waals surface area contributed by atoms with Crippen molar-refractivity contribution in [3.8, 4) is 11.3 Å². The monoisotopic (exact) mass is 273 g/mol. The highest BCUT2D eigenvalue weighted by Crippen LogP contribution is 2.19. The molecule has 0 amide bonds. The molecule has 0 fully saturated rings. The van der Waals surface area contributed by atoms with Crippen molar-refractivity contribution in [3.63, 3.8) is 0 Å². The van der Waals surface area contributed by atoms with E-state index in [1.807, 2.05) is 37.3 Å². The second-order valence-corrected chi connectivity index (χ2v) is 4.65. The Morgan fingerprint density at radius 1 is 1.40 bits per heavy atom. The average molecular weight is 273 g/mol. The molecule has 20 heavy (non-hydrogen) atoms. The highest BCUT2D eigenvalue weighted by atomic mass is 16.5. The fraction of sp³-hybridized carbons (Fsp3) is 0.333. The summed E-state index contributed by atoms with van der Waals surface area (Å²) >= 11 is 0. The molecule has 0 aliphatic heterocycles. The standard InChI is InChI=1S/C15H19N3O2/c1-2-14(20-10-19)7-13-8-15(18-17-13)12-5-3-11(9-16)4-6-12/h3-6,8,10,14H,2,7,9,16H2,1H3,(H,17,18). The van der Waals surface area contributed by atoms with E-state index in [0.29, 0.717) is 19.4 Å². The van der Waals surface area contributed by atoms with Crippen molar-refractivity contribution in [3.05, 3.63) is 41.6 Å². The number of H-pyrrole nitrogens is 1. The molecule has 1 heterocycles. The van der Waals surface area contributed by atoms with E-state index < -0.39 is 0 Å². The number of benzene rings is 1. The lowest BCUT2D eigenvalue weighted by atomic mass is 10.1. The zero-order valence-electron chi connectivity index (χ0n) is 11.5. The van der Waals surface area contributed by atoms with Crippen molar-refractivity contribution >= 4 is 6.47 Å². The van der Waals surface area contributed by atoms with Crippen LogP contribution in [0.3, 0.4) is 0 Å². The molecule has 1 unspecified atom stereocenters. The second kappa shape index (κ2) is 6.86. The molecule has 0 bridgehead atoms. The Morgan fingerprint density at radius 2 is 2.15 bits per heavy atom. The summed E-state index contributed by atoms with van der Waals surface area (Å²) in [5.41, 5.74) is 9.54. The third-order valence-electron chi connectivity index (χ3n) is 3.27. The van der Waals surface area contributed by atoms with Crippen molar-refractivity contribution in [2.75, 3.05) is 0 Å². The first-order valence-corrected chi connectivity index (χ1v) is 6.69. The molecule has 0 saturated heterocycles. The molecule has 0 saturated carbocycles. The van der Waals surface area contributed by atoms with Crippen molar-refractivity contribution < 1.29 is 9.53 Å². The summed E-state index contributed by atoms with van der Waals surface area (Å²) in [6.07, 6.45) is 1.31. The summed E-state index contributed by atoms with van der Waals surface area (Å²) in [4.78, 5) is 10.4. The Kier molecular flexibility index (Phi) is 4.90. The van der Waals surface area contributed by atoms with E-state index in [0.717, 1.165) is 28.9 Å². The SMILES string of the molecule is CCC(Cc1cc(-c2ccc(CN)cc2)n[nH]1)OC=O. The van der Waals surface area contributed by atoms with Gasteiger partial charge in [-0.05, 0) is 18.1 Å². The highest BCUT2D eigenvalue weighted by molar-refractivity contribution is 5.59. The number of carbonyl (C=O) groups excluding carboxylic acids is 1. The van der Waals surface area contributed by atoms with Gasteiger partial charge in [-0.15, -0.1) is 0 Å². The van der Waals surface area contributed by atoms with Gasteiger partial charge in [-0.1, -0.05) is 31.2 Å². The van der Waals surface area contributed by atoms with E-state index in [4.69, 9.17) is 10.5 Å². The number of aromatic nitrogens is 2. The quantitative estimate of drug-likeness (QED) is 0.756. The van der Waals surface area contributed by atoms with Crippen molar-refractivity contribution in [1.82, 2.24) is 10.2 Å². The van der Waals surface area contributed by atoms with Gasteiger partial charge in [0.15, 0.2) is 0 Å². The number of aromatic amines is 1. The number of nitrogens with zero attached hydrogens (tertiary/aromatic N) is 1. The molecule has 3 N–H and O–H groups in total. The summed E-state index contributed by atoms with van der Waals surface area (Å²) in [7, 11) is 0. The largest absolute Gasteiger partial charge is 0.464 e. The molecule has 106 valence electrons. The first-order chi connectivity index (χ1) is 9.76. The fourth-order valence-electron chi connectivity index (χ4n) is 2.04. The molecule has 1 aromatic carbocycles. The normalized spacial score (nSPS) is 12.1. The number of ether oxygens (including phenoxy) is 1. The van der Waals surface area contributed by atoms with E-state index >= 15 is 0 Å². The van der Waals surface area contributed by atoms with Gasteiger partial charge in [0.2, 0.25) is 0 Å². The van der Waals surface area contributed by atoms with Crippen molar-refractivity contribution in [2.45, 2.75) is 32.4 Å². The Morgan fingerprint density at radius 3 is 2.75 bits per heavy atom. The molecular weight excluding hydrogens is 254 g/mol. The van der Waals surface area contributed by atoms with Crippen LogP contribution in [0.4, 0.5) is 0 Å². The maximum Gasteiger partial charge on any atom is 0.293 e. The van der Waals surface area contributed by atoms with Crippen LogP contribution < -0.4 is 5.73 Å². The maximum atomic E-state index is 10.4. The molecule has 1 atom stereocenters. The van der Waals surface area contributed by atoms with Crippen LogP contribution >= 0.6 is 0 Å². The summed E-state index contributed by atoms with van der Waals surface area (Å²) in [5.74, 6) is 0. The number of rotatable bonds is 7. The summed E-state index contributed by atoms with van der Waals surface area (Å²) in [6, 6.07) is 9.97. The van der Waals surface area contributed by atoms with Gasteiger partial charge in [0.05, 0.1) is 5.69 Å². The lowest BCUT2D eigenvalue weighted by molar-refractivity contribution is -0.133. The smallest absolute Gasteiger partial charge is 0.293 e. The molecule has 0 radical (unpaired) electrons. The number of hydrogen-bond donors (Lipinski definition) is 2. The van der Waals surface area contributed by atoms with Crippen LogP contribution in [0.1, 0.15) is 24.6 Å². The first-order valence-electron chi connectivity index (χ1n) is 6.69. The van der Waals surface area contributed by atoms with Gasteiger partial charge in [-0.25, -0.2) is 0 Å². The van der Waals surface area contributed by atoms with Crippen LogP contribution in [0.2, 0.25) is 0 Å². The van der Waals surface area contributed by atoms with Gasteiger partial charge in [0, 0.05) is 24.2 Å². The Bertz CT molecular complexity index is 549. The van der Waals surface area contributed by atoms with Gasteiger partial charge in [-0.3, -0.25) is 9.89 Å². The van der Waals surface area contributed by atoms with Crippen LogP contribution in [-0.4, -0.2) is 22.8 Å². The Hall–Kier alpha value is -2.14. The summed E-state index contributed by atoms with van der Waals surface area (Å²) in [6.45, 7) is 3.02. The number of carbonyl (C=O) groups is 1. The van der Waals surface area contributed by atoms with Gasteiger partial charge in [0.1, 0.15) is 6.10 Å². The lowest BCUT2D eigenvalue weighted by Gasteiger charge is -2.10. The van der Waals surface area contributed by atoms with E-state index in [9.17, 15) is 4.79 Å². The number of hydrogen-bond acceptors (Lipinski definition) is 4. The molecule has 0 aliphatic carbocycles. The minimum absolute atomic E-state index is 0.111. The molecule has 0 spiro atoms. The van der Waals surface area contributed by atoms with Crippen LogP contribution in [0.25, 0.3) is 11.3 Å².